The normalized spacial score (nSPS) is 12.1. The zero-order valence-corrected chi connectivity index (χ0v) is 11.4. The van der Waals surface area contributed by atoms with Crippen LogP contribution in [-0.4, -0.2) is 12.0 Å². The molecule has 0 saturated heterocycles. The van der Waals surface area contributed by atoms with Crippen LogP contribution in [0.5, 0.6) is 0 Å². The van der Waals surface area contributed by atoms with Crippen molar-refractivity contribution < 1.29 is 4.79 Å². The van der Waals surface area contributed by atoms with Gasteiger partial charge in [-0.05, 0) is 24.0 Å². The number of benzene rings is 2. The Morgan fingerprint density at radius 3 is 2.17 bits per heavy atom. The quantitative estimate of drug-likeness (QED) is 0.596. The van der Waals surface area contributed by atoms with Gasteiger partial charge in [-0.25, -0.2) is 0 Å². The van der Waals surface area contributed by atoms with Crippen molar-refractivity contribution >= 4 is 17.5 Å². The van der Waals surface area contributed by atoms with E-state index in [1.165, 1.54) is 4.90 Å². The lowest BCUT2D eigenvalue weighted by Crippen LogP contribution is -2.09. The molecular formula is C16H16OS. The standard InChI is InChI=1S/C16H16OS/c1-12(13-8-10-15(18-2)11-9-13)16(17)14-6-4-3-5-7-14/h3-12H,1-2H3. The molecule has 0 radical (unpaired) electrons. The number of Topliss-reactive ketones (excluding diaryl/α,β-unsaturated/α-hetero) is 1. The fourth-order valence-electron chi connectivity index (χ4n) is 1.90. The molecule has 0 amide bonds. The maximum Gasteiger partial charge on any atom is 0.170 e. The molecular weight excluding hydrogens is 240 g/mol. The van der Waals surface area contributed by atoms with E-state index in [1.54, 1.807) is 11.8 Å². The Hall–Kier alpha value is -1.54. The summed E-state index contributed by atoms with van der Waals surface area (Å²) in [6.07, 6.45) is 2.05. The van der Waals surface area contributed by atoms with Crippen molar-refractivity contribution in [2.75, 3.05) is 6.26 Å². The van der Waals surface area contributed by atoms with Crippen LogP contribution in [0, 0.1) is 0 Å². The Kier molecular flexibility index (Phi) is 4.21. The average molecular weight is 256 g/mol. The van der Waals surface area contributed by atoms with Gasteiger partial charge in [-0.2, -0.15) is 0 Å². The van der Waals surface area contributed by atoms with Crippen molar-refractivity contribution in [1.82, 2.24) is 0 Å². The third-order valence-electron chi connectivity index (χ3n) is 3.07. The number of thioether (sulfide) groups is 1. The molecule has 0 spiro atoms. The second-order valence-electron chi connectivity index (χ2n) is 4.23. The number of hydrogen-bond donors (Lipinski definition) is 0. The minimum atomic E-state index is -0.0942. The summed E-state index contributed by atoms with van der Waals surface area (Å²) in [6.45, 7) is 1.96. The van der Waals surface area contributed by atoms with E-state index in [2.05, 4.69) is 12.1 Å². The Balaban J connectivity index is 2.20. The minimum Gasteiger partial charge on any atom is -0.294 e. The monoisotopic (exact) mass is 256 g/mol. The molecule has 1 nitrogen and oxygen atoms in total. The Morgan fingerprint density at radius 1 is 1.00 bits per heavy atom. The van der Waals surface area contributed by atoms with Crippen molar-refractivity contribution in [3.63, 3.8) is 0 Å². The van der Waals surface area contributed by atoms with Gasteiger partial charge in [0.2, 0.25) is 0 Å². The third kappa shape index (κ3) is 2.82. The van der Waals surface area contributed by atoms with Crippen LogP contribution in [0.25, 0.3) is 0 Å². The smallest absolute Gasteiger partial charge is 0.170 e. The van der Waals surface area contributed by atoms with E-state index in [1.807, 2.05) is 55.6 Å². The Morgan fingerprint density at radius 2 is 1.61 bits per heavy atom. The summed E-state index contributed by atoms with van der Waals surface area (Å²) < 4.78 is 0. The molecule has 92 valence electrons. The topological polar surface area (TPSA) is 17.1 Å². The van der Waals surface area contributed by atoms with E-state index in [4.69, 9.17) is 0 Å². The molecule has 0 aliphatic rings. The summed E-state index contributed by atoms with van der Waals surface area (Å²) in [6, 6.07) is 17.7. The summed E-state index contributed by atoms with van der Waals surface area (Å²) in [4.78, 5) is 13.5. The van der Waals surface area contributed by atoms with Gasteiger partial charge in [0.25, 0.3) is 0 Å². The van der Waals surface area contributed by atoms with Gasteiger partial charge in [0.1, 0.15) is 0 Å². The fraction of sp³-hybridized carbons (Fsp3) is 0.188. The lowest BCUT2D eigenvalue weighted by atomic mass is 9.92. The maximum absolute atomic E-state index is 12.3. The van der Waals surface area contributed by atoms with Crippen LogP contribution in [0.4, 0.5) is 0 Å². The second-order valence-corrected chi connectivity index (χ2v) is 5.10. The Labute approximate surface area is 112 Å². The summed E-state index contributed by atoms with van der Waals surface area (Å²) in [7, 11) is 0. The molecule has 0 aliphatic carbocycles. The molecule has 0 saturated carbocycles. The van der Waals surface area contributed by atoms with Crippen molar-refractivity contribution in [2.24, 2.45) is 0 Å². The molecule has 0 fully saturated rings. The van der Waals surface area contributed by atoms with Crippen LogP contribution >= 0.6 is 11.8 Å². The highest BCUT2D eigenvalue weighted by molar-refractivity contribution is 7.98. The van der Waals surface area contributed by atoms with Gasteiger partial charge in [-0.3, -0.25) is 4.79 Å². The predicted molar refractivity (Wildman–Crippen MR) is 77.4 cm³/mol. The van der Waals surface area contributed by atoms with E-state index in [-0.39, 0.29) is 11.7 Å². The molecule has 1 unspecified atom stereocenters. The van der Waals surface area contributed by atoms with Crippen molar-refractivity contribution in [3.05, 3.63) is 65.7 Å². The fourth-order valence-corrected chi connectivity index (χ4v) is 2.30. The molecule has 2 aromatic carbocycles. The van der Waals surface area contributed by atoms with Gasteiger partial charge in [-0.1, -0.05) is 49.4 Å². The van der Waals surface area contributed by atoms with Crippen LogP contribution in [-0.2, 0) is 0 Å². The first-order valence-electron chi connectivity index (χ1n) is 5.95. The van der Waals surface area contributed by atoms with Gasteiger partial charge < -0.3 is 0 Å². The summed E-state index contributed by atoms with van der Waals surface area (Å²) >= 11 is 1.71. The molecule has 0 bridgehead atoms. The molecule has 0 heterocycles. The number of carbonyl (C=O) groups excluding carboxylic acids is 1. The van der Waals surface area contributed by atoms with Crippen LogP contribution in [0.2, 0.25) is 0 Å². The number of carbonyl (C=O) groups is 1. The highest BCUT2D eigenvalue weighted by Crippen LogP contribution is 2.23. The zero-order valence-electron chi connectivity index (χ0n) is 10.6. The third-order valence-corrected chi connectivity index (χ3v) is 3.81. The highest BCUT2D eigenvalue weighted by atomic mass is 32.2. The lowest BCUT2D eigenvalue weighted by molar-refractivity contribution is 0.0966. The zero-order chi connectivity index (χ0) is 13.0. The van der Waals surface area contributed by atoms with Crippen LogP contribution in [0.1, 0.15) is 28.8 Å². The predicted octanol–water partition coefficient (Wildman–Crippen LogP) is 4.39. The van der Waals surface area contributed by atoms with Gasteiger partial charge in [0.05, 0.1) is 0 Å². The molecule has 0 N–H and O–H groups in total. The molecule has 18 heavy (non-hydrogen) atoms. The van der Waals surface area contributed by atoms with Gasteiger partial charge in [-0.15, -0.1) is 11.8 Å². The minimum absolute atomic E-state index is 0.0942. The first-order chi connectivity index (χ1) is 8.72. The van der Waals surface area contributed by atoms with Crippen molar-refractivity contribution in [3.8, 4) is 0 Å². The SMILES string of the molecule is CSc1ccc(C(C)C(=O)c2ccccc2)cc1. The number of ketones is 1. The average Bonchev–Trinajstić information content (AvgIpc) is 2.47. The first-order valence-corrected chi connectivity index (χ1v) is 7.18. The van der Waals surface area contributed by atoms with Gasteiger partial charge >= 0.3 is 0 Å². The molecule has 2 aromatic rings. The lowest BCUT2D eigenvalue weighted by Gasteiger charge is -2.11. The van der Waals surface area contributed by atoms with E-state index in [9.17, 15) is 4.79 Å². The Bertz CT molecular complexity index is 517. The molecule has 2 rings (SSSR count). The van der Waals surface area contributed by atoms with E-state index >= 15 is 0 Å². The van der Waals surface area contributed by atoms with E-state index in [0.717, 1.165) is 11.1 Å². The number of hydrogen-bond acceptors (Lipinski definition) is 2. The van der Waals surface area contributed by atoms with E-state index in [0.29, 0.717) is 0 Å². The first kappa shape index (κ1) is 12.9. The molecule has 1 atom stereocenters. The van der Waals surface area contributed by atoms with Crippen LogP contribution in [0.15, 0.2) is 59.5 Å². The largest absolute Gasteiger partial charge is 0.294 e. The molecule has 2 heteroatoms. The second kappa shape index (κ2) is 5.87. The van der Waals surface area contributed by atoms with E-state index < -0.39 is 0 Å². The molecule has 0 aliphatic heterocycles. The number of rotatable bonds is 4. The van der Waals surface area contributed by atoms with Gasteiger partial charge in [0.15, 0.2) is 5.78 Å². The summed E-state index contributed by atoms with van der Waals surface area (Å²) in [5.41, 5.74) is 1.85. The van der Waals surface area contributed by atoms with Gasteiger partial charge in [0, 0.05) is 16.4 Å². The van der Waals surface area contributed by atoms with Crippen molar-refractivity contribution in [2.45, 2.75) is 17.7 Å². The summed E-state index contributed by atoms with van der Waals surface area (Å²) in [5.74, 6) is 0.0795. The maximum atomic E-state index is 12.3. The molecule has 0 aromatic heterocycles. The highest BCUT2D eigenvalue weighted by Gasteiger charge is 2.16. The summed E-state index contributed by atoms with van der Waals surface area (Å²) in [5, 5.41) is 0. The van der Waals surface area contributed by atoms with Crippen molar-refractivity contribution in [1.29, 1.82) is 0 Å². The van der Waals surface area contributed by atoms with Crippen LogP contribution in [0.3, 0.4) is 0 Å². The van der Waals surface area contributed by atoms with Crippen LogP contribution < -0.4 is 0 Å².